The van der Waals surface area contributed by atoms with Crippen molar-refractivity contribution in [1.82, 2.24) is 14.9 Å². The maximum Gasteiger partial charge on any atom is 0.417 e. The van der Waals surface area contributed by atoms with Gasteiger partial charge in [-0.25, -0.2) is 14.8 Å². The summed E-state index contributed by atoms with van der Waals surface area (Å²) in [6, 6.07) is 13.9. The van der Waals surface area contributed by atoms with Gasteiger partial charge in [-0.05, 0) is 49.4 Å². The third kappa shape index (κ3) is 5.51. The van der Waals surface area contributed by atoms with E-state index in [4.69, 9.17) is 9.47 Å². The van der Waals surface area contributed by atoms with E-state index in [1.807, 2.05) is 25.1 Å². The van der Waals surface area contributed by atoms with Gasteiger partial charge in [0.25, 0.3) is 0 Å². The lowest BCUT2D eigenvalue weighted by Crippen LogP contribution is -2.55. The third-order valence-electron chi connectivity index (χ3n) is 5.15. The normalized spacial score (nSPS) is 16.4. The van der Waals surface area contributed by atoms with Gasteiger partial charge < -0.3 is 19.3 Å². The number of nitrogens with zero attached hydrogens (tertiary/aromatic N) is 4. The molecule has 1 saturated heterocycles. The molecular formula is C23H21F3N4O3. The predicted octanol–water partition coefficient (Wildman–Crippen LogP) is 5.00. The number of hydrogen-bond donors (Lipinski definition) is 0. The second kappa shape index (κ2) is 9.35. The molecule has 0 radical (unpaired) electrons. The maximum absolute atomic E-state index is 12.6. The van der Waals surface area contributed by atoms with Crippen molar-refractivity contribution in [3.05, 3.63) is 72.6 Å². The third-order valence-corrected chi connectivity index (χ3v) is 5.15. The van der Waals surface area contributed by atoms with E-state index >= 15 is 0 Å². The van der Waals surface area contributed by atoms with E-state index in [1.165, 1.54) is 0 Å². The van der Waals surface area contributed by atoms with Gasteiger partial charge in [-0.2, -0.15) is 13.2 Å². The van der Waals surface area contributed by atoms with Gasteiger partial charge in [-0.3, -0.25) is 0 Å². The number of hydrogen-bond acceptors (Lipinski definition) is 6. The molecule has 4 rings (SSSR count). The summed E-state index contributed by atoms with van der Waals surface area (Å²) < 4.78 is 48.8. The summed E-state index contributed by atoms with van der Waals surface area (Å²) in [5.74, 6) is 1.56. The van der Waals surface area contributed by atoms with E-state index in [9.17, 15) is 18.0 Å². The van der Waals surface area contributed by atoms with Gasteiger partial charge in [-0.1, -0.05) is 6.07 Å². The Kier molecular flexibility index (Phi) is 6.34. The molecular weight excluding hydrogens is 437 g/mol. The van der Waals surface area contributed by atoms with Crippen LogP contribution in [0.2, 0.25) is 0 Å². The van der Waals surface area contributed by atoms with Crippen LogP contribution < -0.4 is 14.4 Å². The lowest BCUT2D eigenvalue weighted by molar-refractivity contribution is -0.137. The Morgan fingerprint density at radius 3 is 2.36 bits per heavy atom. The summed E-state index contributed by atoms with van der Waals surface area (Å²) in [5.41, 5.74) is -0.854. The van der Waals surface area contributed by atoms with Crippen LogP contribution in [0.25, 0.3) is 0 Å². The molecule has 1 aromatic carbocycles. The van der Waals surface area contributed by atoms with Gasteiger partial charge in [-0.15, -0.1) is 0 Å². The molecule has 0 saturated carbocycles. The maximum atomic E-state index is 12.6. The number of halogens is 3. The van der Waals surface area contributed by atoms with Gasteiger partial charge in [0.05, 0.1) is 5.56 Å². The predicted molar refractivity (Wildman–Crippen MR) is 114 cm³/mol. The molecule has 33 heavy (non-hydrogen) atoms. The van der Waals surface area contributed by atoms with Crippen molar-refractivity contribution in [3.63, 3.8) is 0 Å². The minimum absolute atomic E-state index is 0.0207. The number of pyridine rings is 2. The van der Waals surface area contributed by atoms with Crippen LogP contribution >= 0.6 is 0 Å². The number of rotatable bonds is 4. The molecule has 172 valence electrons. The first-order valence-electron chi connectivity index (χ1n) is 10.3. The molecule has 10 heteroatoms. The first-order chi connectivity index (χ1) is 15.8. The van der Waals surface area contributed by atoms with Crippen LogP contribution in [0.5, 0.6) is 17.4 Å². The fourth-order valence-electron chi connectivity index (χ4n) is 3.44. The van der Waals surface area contributed by atoms with Gasteiger partial charge in [0.1, 0.15) is 17.3 Å². The molecule has 1 atom stereocenters. The van der Waals surface area contributed by atoms with Crippen molar-refractivity contribution in [2.45, 2.75) is 19.1 Å². The largest absolute Gasteiger partial charge is 0.439 e. The number of aromatic nitrogens is 2. The molecule has 3 aromatic rings. The fraction of sp³-hybridized carbons (Fsp3) is 0.261. The second-order valence-corrected chi connectivity index (χ2v) is 7.50. The summed E-state index contributed by atoms with van der Waals surface area (Å²) in [4.78, 5) is 24.4. The molecule has 1 fully saturated rings. The summed E-state index contributed by atoms with van der Waals surface area (Å²) in [6.07, 6.45) is -2.47. The van der Waals surface area contributed by atoms with Crippen LogP contribution in [-0.2, 0) is 6.18 Å². The second-order valence-electron chi connectivity index (χ2n) is 7.50. The number of amides is 1. The Bertz CT molecular complexity index is 1080. The summed E-state index contributed by atoms with van der Waals surface area (Å²) in [7, 11) is 0. The van der Waals surface area contributed by atoms with Crippen LogP contribution in [0.15, 0.2) is 67.0 Å². The van der Waals surface area contributed by atoms with E-state index in [-0.39, 0.29) is 11.9 Å². The topological polar surface area (TPSA) is 67.8 Å². The smallest absolute Gasteiger partial charge is 0.417 e. The molecule has 0 aliphatic carbocycles. The molecule has 1 aliphatic rings. The van der Waals surface area contributed by atoms with E-state index in [0.717, 1.165) is 18.0 Å². The van der Waals surface area contributed by atoms with Gasteiger partial charge >= 0.3 is 12.3 Å². The molecule has 7 nitrogen and oxygen atoms in total. The Hall–Kier alpha value is -3.82. The highest BCUT2D eigenvalue weighted by atomic mass is 19.4. The molecule has 1 amide bonds. The molecule has 3 heterocycles. The van der Waals surface area contributed by atoms with E-state index in [0.29, 0.717) is 37.3 Å². The highest BCUT2D eigenvalue weighted by Gasteiger charge is 2.31. The van der Waals surface area contributed by atoms with E-state index in [1.54, 1.807) is 35.4 Å². The number of anilines is 1. The molecule has 0 N–H and O–H groups in total. The van der Waals surface area contributed by atoms with E-state index in [2.05, 4.69) is 14.9 Å². The summed E-state index contributed by atoms with van der Waals surface area (Å²) >= 11 is 0. The lowest BCUT2D eigenvalue weighted by Gasteiger charge is -2.39. The molecule has 2 aromatic heterocycles. The lowest BCUT2D eigenvalue weighted by atomic mass is 10.2. The van der Waals surface area contributed by atoms with Crippen LogP contribution in [0, 0.1) is 0 Å². The molecule has 1 aliphatic heterocycles. The SMILES string of the molecule is CC1CN(c2ccccn2)CCN1C(=O)Oc1ccc(Oc2ccc(C(F)(F)F)cn2)cc1. The highest BCUT2D eigenvalue weighted by Crippen LogP contribution is 2.30. The van der Waals surface area contributed by atoms with Crippen LogP contribution in [0.3, 0.4) is 0 Å². The first kappa shape index (κ1) is 22.4. The number of alkyl halides is 3. The number of benzene rings is 1. The molecule has 0 bridgehead atoms. The molecule has 1 unspecified atom stereocenters. The zero-order valence-corrected chi connectivity index (χ0v) is 17.7. The number of ether oxygens (including phenoxy) is 2. The van der Waals surface area contributed by atoms with Gasteiger partial charge in [0, 0.05) is 44.1 Å². The average Bonchev–Trinajstić information content (AvgIpc) is 2.80. The van der Waals surface area contributed by atoms with Crippen LogP contribution in [-0.4, -0.2) is 46.6 Å². The van der Waals surface area contributed by atoms with Crippen molar-refractivity contribution in [3.8, 4) is 17.4 Å². The van der Waals surface area contributed by atoms with Crippen molar-refractivity contribution < 1.29 is 27.4 Å². The zero-order chi connectivity index (χ0) is 23.4. The van der Waals surface area contributed by atoms with Gasteiger partial charge in [0.2, 0.25) is 5.88 Å². The van der Waals surface area contributed by atoms with Crippen LogP contribution in [0.4, 0.5) is 23.8 Å². The van der Waals surface area contributed by atoms with Crippen LogP contribution in [0.1, 0.15) is 12.5 Å². The Morgan fingerprint density at radius 1 is 1.00 bits per heavy atom. The van der Waals surface area contributed by atoms with E-state index < -0.39 is 17.8 Å². The van der Waals surface area contributed by atoms with Crippen molar-refractivity contribution >= 4 is 11.9 Å². The highest BCUT2D eigenvalue weighted by molar-refractivity contribution is 5.71. The van der Waals surface area contributed by atoms with Crippen molar-refractivity contribution in [1.29, 1.82) is 0 Å². The Labute approximate surface area is 188 Å². The monoisotopic (exact) mass is 458 g/mol. The minimum Gasteiger partial charge on any atom is -0.439 e. The average molecular weight is 458 g/mol. The first-order valence-corrected chi connectivity index (χ1v) is 10.3. The summed E-state index contributed by atoms with van der Waals surface area (Å²) in [5, 5.41) is 0. The Morgan fingerprint density at radius 2 is 1.76 bits per heavy atom. The minimum atomic E-state index is -4.46. The quantitative estimate of drug-likeness (QED) is 0.548. The summed E-state index contributed by atoms with van der Waals surface area (Å²) in [6.45, 7) is 3.73. The number of carbonyl (C=O) groups excluding carboxylic acids is 1. The van der Waals surface area contributed by atoms with Crippen molar-refractivity contribution in [2.24, 2.45) is 0 Å². The standard InChI is InChI=1S/C23H21F3N4O3/c1-16-15-29(20-4-2-3-11-27-20)12-13-30(16)22(31)33-19-8-6-18(7-9-19)32-21-10-5-17(14-28-21)23(24,25)26/h2-11,14,16H,12-13,15H2,1H3. The zero-order valence-electron chi connectivity index (χ0n) is 17.7. The number of carbonyl (C=O) groups is 1. The number of piperazine rings is 1. The fourth-order valence-corrected chi connectivity index (χ4v) is 3.44. The van der Waals surface area contributed by atoms with Gasteiger partial charge in [0.15, 0.2) is 0 Å². The Balaban J connectivity index is 1.32. The van der Waals surface area contributed by atoms with Crippen molar-refractivity contribution in [2.75, 3.05) is 24.5 Å². The molecule has 0 spiro atoms.